The normalized spacial score (nSPS) is 14.4. The van der Waals surface area contributed by atoms with Gasteiger partial charge in [0.25, 0.3) is 0 Å². The number of rotatable bonds is 7. The largest absolute Gasteiger partial charge is 0.351 e. The molecular formula is C23H24Cl2N6O2S. The van der Waals surface area contributed by atoms with Crippen molar-refractivity contribution in [3.63, 3.8) is 0 Å². The maximum absolute atomic E-state index is 12.5. The molecule has 3 heterocycles. The number of likely N-dealkylation sites (tertiary alicyclic amines) is 1. The Labute approximate surface area is 211 Å². The summed E-state index contributed by atoms with van der Waals surface area (Å²) in [4.78, 5) is 36.3. The van der Waals surface area contributed by atoms with Crippen molar-refractivity contribution < 1.29 is 9.59 Å². The van der Waals surface area contributed by atoms with Crippen molar-refractivity contribution in [2.75, 3.05) is 36.8 Å². The average Bonchev–Trinajstić information content (AvgIpc) is 3.25. The Bertz CT molecular complexity index is 1190. The molecule has 1 fully saturated rings. The second-order valence-electron chi connectivity index (χ2n) is 7.79. The first-order valence-electron chi connectivity index (χ1n) is 10.9. The molecule has 11 heteroatoms. The number of thiophene rings is 1. The van der Waals surface area contributed by atoms with Gasteiger partial charge < -0.3 is 15.5 Å². The Morgan fingerprint density at radius 3 is 2.62 bits per heavy atom. The van der Waals surface area contributed by atoms with Crippen molar-refractivity contribution in [3.05, 3.63) is 51.6 Å². The first-order chi connectivity index (χ1) is 16.5. The summed E-state index contributed by atoms with van der Waals surface area (Å²) in [5.74, 6) is 0.205. The highest BCUT2D eigenvalue weighted by Gasteiger charge is 2.14. The van der Waals surface area contributed by atoms with E-state index in [0.717, 1.165) is 24.5 Å². The summed E-state index contributed by atoms with van der Waals surface area (Å²) in [6.45, 7) is 3.71. The SMILES string of the molecule is O=C(/C=C/c1cc2ncnc(NC(=O)Nc3c(Cl)cccc3Cl)c2s1)NCCN1CCCCC1. The number of fused-ring (bicyclic) bond motifs is 1. The molecule has 0 saturated carbocycles. The van der Waals surface area contributed by atoms with Crippen molar-refractivity contribution in [3.8, 4) is 0 Å². The van der Waals surface area contributed by atoms with Crippen molar-refractivity contribution in [1.29, 1.82) is 0 Å². The number of urea groups is 1. The number of para-hydroxylation sites is 1. The number of amides is 3. The summed E-state index contributed by atoms with van der Waals surface area (Å²) < 4.78 is 0.688. The van der Waals surface area contributed by atoms with E-state index in [4.69, 9.17) is 23.2 Å². The number of hydrogen-bond acceptors (Lipinski definition) is 6. The van der Waals surface area contributed by atoms with Crippen LogP contribution >= 0.6 is 34.5 Å². The molecule has 0 bridgehead atoms. The van der Waals surface area contributed by atoms with Crippen molar-refractivity contribution in [1.82, 2.24) is 20.2 Å². The van der Waals surface area contributed by atoms with Crippen LogP contribution < -0.4 is 16.0 Å². The van der Waals surface area contributed by atoms with Gasteiger partial charge in [-0.3, -0.25) is 10.1 Å². The van der Waals surface area contributed by atoms with Crippen molar-refractivity contribution >= 4 is 74.3 Å². The summed E-state index contributed by atoms with van der Waals surface area (Å²) in [5, 5.41) is 8.93. The lowest BCUT2D eigenvalue weighted by atomic mass is 10.1. The smallest absolute Gasteiger partial charge is 0.324 e. The number of carbonyl (C=O) groups excluding carboxylic acids is 2. The van der Waals surface area contributed by atoms with E-state index in [1.807, 2.05) is 6.07 Å². The fourth-order valence-electron chi connectivity index (χ4n) is 3.65. The molecule has 1 aliphatic rings. The van der Waals surface area contributed by atoms with Gasteiger partial charge >= 0.3 is 6.03 Å². The molecule has 0 spiro atoms. The summed E-state index contributed by atoms with van der Waals surface area (Å²) >= 11 is 13.6. The zero-order valence-electron chi connectivity index (χ0n) is 18.3. The third kappa shape index (κ3) is 6.44. The number of nitrogens with one attached hydrogen (secondary N) is 3. The van der Waals surface area contributed by atoms with Crippen LogP contribution in [0.15, 0.2) is 36.7 Å². The molecule has 1 saturated heterocycles. The standard InChI is InChI=1S/C23H24Cl2N6O2S/c24-16-5-4-6-17(25)20(16)29-23(33)30-22-21-18(27-14-28-22)13-15(34-21)7-8-19(32)26-9-12-31-10-2-1-3-11-31/h4-8,13-14H,1-3,9-12H2,(H,26,32)(H2,27,28,29,30,33)/b8-7+. The third-order valence-corrected chi connectivity index (χ3v) is 7.06. The van der Waals surface area contributed by atoms with Crippen LogP contribution in [0.4, 0.5) is 16.3 Å². The lowest BCUT2D eigenvalue weighted by Crippen LogP contribution is -2.37. The summed E-state index contributed by atoms with van der Waals surface area (Å²) in [7, 11) is 0. The maximum atomic E-state index is 12.5. The monoisotopic (exact) mass is 518 g/mol. The Hall–Kier alpha value is -2.72. The van der Waals surface area contributed by atoms with Crippen molar-refractivity contribution in [2.45, 2.75) is 19.3 Å². The number of halogens is 2. The summed E-state index contributed by atoms with van der Waals surface area (Å²) in [6, 6.07) is 6.26. The van der Waals surface area contributed by atoms with E-state index in [1.54, 1.807) is 24.3 Å². The number of nitrogens with zero attached hydrogens (tertiary/aromatic N) is 3. The van der Waals surface area contributed by atoms with Crippen LogP contribution in [-0.4, -0.2) is 53.0 Å². The van der Waals surface area contributed by atoms with Crippen LogP contribution in [0, 0.1) is 0 Å². The molecule has 8 nitrogen and oxygen atoms in total. The van der Waals surface area contributed by atoms with Gasteiger partial charge in [-0.1, -0.05) is 35.7 Å². The van der Waals surface area contributed by atoms with E-state index >= 15 is 0 Å². The van der Waals surface area contributed by atoms with E-state index in [9.17, 15) is 9.59 Å². The molecule has 4 rings (SSSR count). The quantitative estimate of drug-likeness (QED) is 0.370. The number of aromatic nitrogens is 2. The third-order valence-electron chi connectivity index (χ3n) is 5.34. The van der Waals surface area contributed by atoms with Gasteiger partial charge in [0, 0.05) is 24.0 Å². The fraction of sp³-hybridized carbons (Fsp3) is 0.304. The number of anilines is 2. The van der Waals surface area contributed by atoms with E-state index in [-0.39, 0.29) is 5.91 Å². The number of benzene rings is 1. The predicted molar refractivity (Wildman–Crippen MR) is 139 cm³/mol. The number of piperidine rings is 1. The second kappa shape index (κ2) is 11.6. The van der Waals surface area contributed by atoms with Gasteiger partial charge in [0.15, 0.2) is 5.82 Å². The zero-order chi connectivity index (χ0) is 23.9. The van der Waals surface area contributed by atoms with Crippen LogP contribution in [0.2, 0.25) is 10.0 Å². The van der Waals surface area contributed by atoms with Gasteiger partial charge in [-0.15, -0.1) is 11.3 Å². The van der Waals surface area contributed by atoms with E-state index in [2.05, 4.69) is 30.8 Å². The first kappa shape index (κ1) is 24.4. The van der Waals surface area contributed by atoms with Crippen LogP contribution in [0.1, 0.15) is 24.1 Å². The molecule has 0 radical (unpaired) electrons. The van der Waals surface area contributed by atoms with Gasteiger partial charge in [0.1, 0.15) is 6.33 Å². The Morgan fingerprint density at radius 2 is 1.85 bits per heavy atom. The molecule has 34 heavy (non-hydrogen) atoms. The van der Waals surface area contributed by atoms with Crippen LogP contribution in [0.3, 0.4) is 0 Å². The Morgan fingerprint density at radius 1 is 1.09 bits per heavy atom. The van der Waals surface area contributed by atoms with Crippen LogP contribution in [-0.2, 0) is 4.79 Å². The summed E-state index contributed by atoms with van der Waals surface area (Å²) in [5.41, 5.74) is 0.978. The highest BCUT2D eigenvalue weighted by Crippen LogP contribution is 2.32. The summed E-state index contributed by atoms with van der Waals surface area (Å²) in [6.07, 6.45) is 8.37. The topological polar surface area (TPSA) is 99.2 Å². The Balaban J connectivity index is 1.36. The molecule has 178 valence electrons. The van der Waals surface area contributed by atoms with Crippen LogP contribution in [0.25, 0.3) is 16.3 Å². The molecular weight excluding hydrogens is 495 g/mol. The minimum Gasteiger partial charge on any atom is -0.351 e. The van der Waals surface area contributed by atoms with E-state index < -0.39 is 6.03 Å². The van der Waals surface area contributed by atoms with Gasteiger partial charge in [-0.2, -0.15) is 0 Å². The van der Waals surface area contributed by atoms with E-state index in [1.165, 1.54) is 43.0 Å². The number of hydrogen-bond donors (Lipinski definition) is 3. The molecule has 3 aromatic rings. The van der Waals surface area contributed by atoms with Gasteiger partial charge in [0.2, 0.25) is 5.91 Å². The maximum Gasteiger partial charge on any atom is 0.324 e. The molecule has 0 aliphatic carbocycles. The minimum absolute atomic E-state index is 0.144. The fourth-order valence-corrected chi connectivity index (χ4v) is 5.10. The Kier molecular flexibility index (Phi) is 8.34. The molecule has 0 unspecified atom stereocenters. The molecule has 3 N–H and O–H groups in total. The van der Waals surface area contributed by atoms with Gasteiger partial charge in [-0.25, -0.2) is 14.8 Å². The highest BCUT2D eigenvalue weighted by molar-refractivity contribution is 7.20. The van der Waals surface area contributed by atoms with Crippen molar-refractivity contribution in [2.24, 2.45) is 0 Å². The van der Waals surface area contributed by atoms with Gasteiger partial charge in [-0.05, 0) is 50.2 Å². The molecule has 3 amide bonds. The van der Waals surface area contributed by atoms with Gasteiger partial charge in [0.05, 0.1) is 25.9 Å². The second-order valence-corrected chi connectivity index (χ2v) is 9.69. The minimum atomic E-state index is -0.534. The lowest BCUT2D eigenvalue weighted by molar-refractivity contribution is -0.116. The lowest BCUT2D eigenvalue weighted by Gasteiger charge is -2.26. The van der Waals surface area contributed by atoms with Crippen LogP contribution in [0.5, 0.6) is 0 Å². The predicted octanol–water partition coefficient (Wildman–Crippen LogP) is 5.26. The molecule has 2 aromatic heterocycles. The first-order valence-corrected chi connectivity index (χ1v) is 12.5. The van der Waals surface area contributed by atoms with E-state index in [0.29, 0.717) is 38.3 Å². The zero-order valence-corrected chi connectivity index (χ0v) is 20.6. The highest BCUT2D eigenvalue weighted by atomic mass is 35.5. The molecule has 1 aliphatic heterocycles. The number of carbonyl (C=O) groups is 2. The molecule has 1 aromatic carbocycles. The average molecular weight is 519 g/mol. The molecule has 0 atom stereocenters.